The number of anilines is 2. The Balaban J connectivity index is 1.84. The lowest BCUT2D eigenvalue weighted by atomic mass is 9.77. The van der Waals surface area contributed by atoms with E-state index >= 15 is 0 Å². The van der Waals surface area contributed by atoms with Gasteiger partial charge in [-0.05, 0) is 55.5 Å². The van der Waals surface area contributed by atoms with Crippen molar-refractivity contribution < 1.29 is 14.3 Å². The number of methoxy groups -OCH3 is 1. The van der Waals surface area contributed by atoms with Crippen molar-refractivity contribution in [3.63, 3.8) is 0 Å². The maximum Gasteiger partial charge on any atom is 0.340 e. The maximum atomic E-state index is 13.3. The SMILES string of the molecule is BC1=CC2c3c(N)c(C(=O)OCC)c4c(c3N(CC)C2C=C1)CCc1cc(OC)ccc1-4. The minimum Gasteiger partial charge on any atom is -0.497 e. The van der Waals surface area contributed by atoms with Gasteiger partial charge in [0.05, 0.1) is 31.0 Å². The number of nitrogen functional groups attached to an aromatic ring is 1. The summed E-state index contributed by atoms with van der Waals surface area (Å²) in [6, 6.07) is 6.31. The number of hydrogen-bond donors (Lipinski definition) is 1. The van der Waals surface area contributed by atoms with E-state index in [0.29, 0.717) is 17.9 Å². The molecule has 0 bridgehead atoms. The van der Waals surface area contributed by atoms with Crippen molar-refractivity contribution in [2.45, 2.75) is 38.6 Å². The lowest BCUT2D eigenvalue weighted by Crippen LogP contribution is -2.33. The monoisotopic (exact) mass is 428 g/mol. The zero-order chi connectivity index (χ0) is 22.6. The van der Waals surface area contributed by atoms with Gasteiger partial charge in [0.2, 0.25) is 0 Å². The van der Waals surface area contributed by atoms with E-state index in [1.165, 1.54) is 22.3 Å². The van der Waals surface area contributed by atoms with Crippen molar-refractivity contribution in [2.75, 3.05) is 30.9 Å². The largest absolute Gasteiger partial charge is 0.497 e. The third-order valence-electron chi connectivity index (χ3n) is 7.05. The number of allylic oxidation sites excluding steroid dienone is 2. The van der Waals surface area contributed by atoms with E-state index < -0.39 is 0 Å². The van der Waals surface area contributed by atoms with Crippen molar-refractivity contribution in [1.29, 1.82) is 0 Å². The smallest absolute Gasteiger partial charge is 0.340 e. The number of fused-ring (bicyclic) bond motifs is 7. The zero-order valence-electron chi connectivity index (χ0n) is 19.2. The predicted octanol–water partition coefficient (Wildman–Crippen LogP) is 3.60. The molecule has 0 spiro atoms. The van der Waals surface area contributed by atoms with Gasteiger partial charge in [-0.2, -0.15) is 0 Å². The first-order valence-corrected chi connectivity index (χ1v) is 11.5. The second kappa shape index (κ2) is 7.77. The minimum atomic E-state index is -0.341. The first-order chi connectivity index (χ1) is 15.5. The molecule has 2 N–H and O–H groups in total. The van der Waals surface area contributed by atoms with Gasteiger partial charge in [0.25, 0.3) is 0 Å². The number of carbonyl (C=O) groups is 1. The fourth-order valence-corrected chi connectivity index (χ4v) is 5.73. The molecular weight excluding hydrogens is 399 g/mol. The first kappa shape index (κ1) is 20.7. The fourth-order valence-electron chi connectivity index (χ4n) is 5.73. The Morgan fingerprint density at radius 2 is 2.09 bits per heavy atom. The Morgan fingerprint density at radius 3 is 2.81 bits per heavy atom. The molecule has 0 aromatic heterocycles. The normalized spacial score (nSPS) is 20.1. The van der Waals surface area contributed by atoms with Gasteiger partial charge in [0.15, 0.2) is 0 Å². The van der Waals surface area contributed by atoms with Gasteiger partial charge < -0.3 is 20.1 Å². The van der Waals surface area contributed by atoms with E-state index in [4.69, 9.17) is 15.2 Å². The van der Waals surface area contributed by atoms with Crippen LogP contribution in [0.5, 0.6) is 5.75 Å². The van der Waals surface area contributed by atoms with Crippen LogP contribution in [-0.2, 0) is 17.6 Å². The van der Waals surface area contributed by atoms with Gasteiger partial charge in [0, 0.05) is 29.3 Å². The molecule has 2 aliphatic carbocycles. The lowest BCUT2D eigenvalue weighted by molar-refractivity contribution is 0.0528. The van der Waals surface area contributed by atoms with Crippen LogP contribution in [0.3, 0.4) is 0 Å². The van der Waals surface area contributed by atoms with Crippen molar-refractivity contribution >= 4 is 25.2 Å². The average molecular weight is 428 g/mol. The van der Waals surface area contributed by atoms with Gasteiger partial charge in [-0.25, -0.2) is 4.79 Å². The molecule has 0 amide bonds. The number of hydrogen-bond acceptors (Lipinski definition) is 5. The zero-order valence-corrected chi connectivity index (χ0v) is 19.2. The Morgan fingerprint density at radius 1 is 1.28 bits per heavy atom. The summed E-state index contributed by atoms with van der Waals surface area (Å²) < 4.78 is 11.0. The molecule has 2 aromatic carbocycles. The molecule has 5 rings (SSSR count). The number of rotatable bonds is 4. The van der Waals surface area contributed by atoms with E-state index in [-0.39, 0.29) is 17.9 Å². The van der Waals surface area contributed by atoms with E-state index in [1.807, 2.05) is 13.0 Å². The number of aryl methyl sites for hydroxylation is 1. The number of likely N-dealkylation sites (N-methyl/N-ethyl adjacent to an activating group) is 1. The summed E-state index contributed by atoms with van der Waals surface area (Å²) in [5, 5.41) is 0. The summed E-state index contributed by atoms with van der Waals surface area (Å²) in [7, 11) is 3.79. The molecule has 164 valence electrons. The van der Waals surface area contributed by atoms with Crippen molar-refractivity contribution in [3.05, 3.63) is 64.2 Å². The lowest BCUT2D eigenvalue weighted by Gasteiger charge is -2.31. The number of esters is 1. The third-order valence-corrected chi connectivity index (χ3v) is 7.05. The van der Waals surface area contributed by atoms with Crippen molar-refractivity contribution in [1.82, 2.24) is 0 Å². The van der Waals surface area contributed by atoms with Crippen LogP contribution in [-0.4, -0.2) is 40.1 Å². The number of ether oxygens (including phenoxy) is 2. The topological polar surface area (TPSA) is 64.8 Å². The maximum absolute atomic E-state index is 13.3. The molecule has 32 heavy (non-hydrogen) atoms. The molecular formula is C26H29BN2O3. The Kier molecular flexibility index (Phi) is 5.03. The summed E-state index contributed by atoms with van der Waals surface area (Å²) in [5.74, 6) is 0.628. The highest BCUT2D eigenvalue weighted by Crippen LogP contribution is 2.55. The Bertz CT molecular complexity index is 1180. The molecule has 2 atom stereocenters. The van der Waals surface area contributed by atoms with E-state index in [2.05, 4.69) is 50.0 Å². The number of carbonyl (C=O) groups excluding carboxylic acids is 1. The highest BCUT2D eigenvalue weighted by molar-refractivity contribution is 6.23. The summed E-state index contributed by atoms with van der Waals surface area (Å²) in [5.41, 5.74) is 15.8. The number of nitrogens with two attached hydrogens (primary N) is 1. The van der Waals surface area contributed by atoms with Crippen molar-refractivity contribution in [2.24, 2.45) is 0 Å². The summed E-state index contributed by atoms with van der Waals surface area (Å²) in [4.78, 5) is 15.7. The van der Waals surface area contributed by atoms with Gasteiger partial charge in [-0.15, -0.1) is 0 Å². The average Bonchev–Trinajstić information content (AvgIpc) is 3.12. The number of nitrogens with zero attached hydrogens (tertiary/aromatic N) is 1. The van der Waals surface area contributed by atoms with Crippen LogP contribution in [0.4, 0.5) is 11.4 Å². The highest BCUT2D eigenvalue weighted by Gasteiger charge is 2.43. The Labute approximate surface area is 190 Å². The summed E-state index contributed by atoms with van der Waals surface area (Å²) in [6.07, 6.45) is 8.51. The quantitative estimate of drug-likeness (QED) is 0.458. The number of benzene rings is 2. The van der Waals surface area contributed by atoms with Gasteiger partial charge in [-0.3, -0.25) is 0 Å². The molecule has 5 nitrogen and oxygen atoms in total. The molecule has 0 radical (unpaired) electrons. The van der Waals surface area contributed by atoms with E-state index in [1.54, 1.807) is 7.11 Å². The molecule has 3 aliphatic rings. The molecule has 0 fully saturated rings. The minimum absolute atomic E-state index is 0.144. The molecule has 2 unspecified atom stereocenters. The second-order valence-electron chi connectivity index (χ2n) is 8.72. The van der Waals surface area contributed by atoms with Gasteiger partial charge in [-0.1, -0.05) is 29.8 Å². The Hall–Kier alpha value is -3.15. The molecule has 6 heteroatoms. The predicted molar refractivity (Wildman–Crippen MR) is 132 cm³/mol. The summed E-state index contributed by atoms with van der Waals surface area (Å²) in [6.45, 7) is 5.22. The highest BCUT2D eigenvalue weighted by atomic mass is 16.5. The second-order valence-corrected chi connectivity index (χ2v) is 8.72. The first-order valence-electron chi connectivity index (χ1n) is 11.5. The molecule has 2 aromatic rings. The van der Waals surface area contributed by atoms with Gasteiger partial charge in [0.1, 0.15) is 13.6 Å². The third kappa shape index (κ3) is 2.89. The summed E-state index contributed by atoms with van der Waals surface area (Å²) >= 11 is 0. The van der Waals surface area contributed by atoms with Crippen LogP contribution in [0.15, 0.2) is 41.9 Å². The van der Waals surface area contributed by atoms with Crippen LogP contribution >= 0.6 is 0 Å². The molecule has 0 saturated heterocycles. The molecule has 1 aliphatic heterocycles. The van der Waals surface area contributed by atoms with Crippen LogP contribution in [0.2, 0.25) is 0 Å². The standard InChI is InChI=1S/C26H29BN2O3/c1-4-29-20-11-7-15(27)13-19(20)22-24(28)23(26(30)32-5-2)21-17-10-8-16(31-3)12-14(17)6-9-18(21)25(22)29/h7-8,10-13,19-20H,4-6,9,27-28H2,1-3H3. The van der Waals surface area contributed by atoms with Crippen LogP contribution in [0.25, 0.3) is 11.1 Å². The molecule has 0 saturated carbocycles. The van der Waals surface area contributed by atoms with Crippen LogP contribution in [0.1, 0.15) is 46.8 Å². The van der Waals surface area contributed by atoms with E-state index in [9.17, 15) is 4.79 Å². The van der Waals surface area contributed by atoms with Gasteiger partial charge >= 0.3 is 5.97 Å². The van der Waals surface area contributed by atoms with Crippen molar-refractivity contribution in [3.8, 4) is 16.9 Å². The fraction of sp³-hybridized carbons (Fsp3) is 0.346. The molecule has 1 heterocycles. The van der Waals surface area contributed by atoms with Crippen LogP contribution < -0.4 is 15.4 Å². The van der Waals surface area contributed by atoms with E-state index in [0.717, 1.165) is 41.8 Å². The van der Waals surface area contributed by atoms with Crippen LogP contribution in [0, 0.1) is 0 Å².